The average Bonchev–Trinajstić information content (AvgIpc) is 3.63. The van der Waals surface area contributed by atoms with Gasteiger partial charge in [-0.15, -0.1) is 0 Å². The first kappa shape index (κ1) is 24.6. The van der Waals surface area contributed by atoms with E-state index in [0.29, 0.717) is 30.1 Å². The van der Waals surface area contributed by atoms with Crippen LogP contribution in [0.5, 0.6) is 5.75 Å². The van der Waals surface area contributed by atoms with Crippen molar-refractivity contribution in [2.75, 3.05) is 25.5 Å². The lowest BCUT2D eigenvalue weighted by atomic mass is 9.57. The Morgan fingerprint density at radius 1 is 1.21 bits per heavy atom. The summed E-state index contributed by atoms with van der Waals surface area (Å²) in [6.45, 7) is 1.61. The van der Waals surface area contributed by atoms with Gasteiger partial charge in [-0.2, -0.15) is 0 Å². The molecule has 2 aliphatic heterocycles. The standard InChI is InChI=1S/C28H32N4O7/c1-32-5-4-10-9-30-19-14(21(10)32)7-11-6-12-8-15-20(31-13-2-3-13)24(35)18(27(29)38)26(37)28(15,39)25(36)17(12)22(33)16(11)23(19)34/h7,10,12-13,15,20-21,30-31,33-34,37,39H,2-6,8-9H2,1H3,(H2,29,38)/t10?,12-,15-,20-,21?,28-/m0/s1. The van der Waals surface area contributed by atoms with Crippen LogP contribution in [-0.2, 0) is 20.8 Å². The Bertz CT molecular complexity index is 1430. The number of anilines is 1. The number of Topliss-reactive ketones (excluding diaryl/α,β-unsaturated/α-hetero) is 2. The Morgan fingerprint density at radius 2 is 1.95 bits per heavy atom. The minimum absolute atomic E-state index is 0.00240. The summed E-state index contributed by atoms with van der Waals surface area (Å²) >= 11 is 0. The number of phenols is 1. The first-order valence-electron chi connectivity index (χ1n) is 13.6. The fourth-order valence-electron chi connectivity index (χ4n) is 7.83. The minimum Gasteiger partial charge on any atom is -0.508 e. The number of nitrogens with zero attached hydrogens (tertiary/aromatic N) is 1. The third-order valence-electron chi connectivity index (χ3n) is 9.85. The van der Waals surface area contributed by atoms with Crippen LogP contribution in [0.3, 0.4) is 0 Å². The third-order valence-corrected chi connectivity index (χ3v) is 9.85. The number of benzene rings is 1. The van der Waals surface area contributed by atoms with Crippen LogP contribution in [0.15, 0.2) is 23.0 Å². The molecule has 3 fully saturated rings. The number of phenolic OH excluding ortho intramolecular Hbond substituents is 1. The number of aliphatic hydroxyl groups is 3. The summed E-state index contributed by atoms with van der Waals surface area (Å²) in [4.78, 5) is 41.7. The molecule has 0 radical (unpaired) electrons. The van der Waals surface area contributed by atoms with Crippen LogP contribution in [0.1, 0.15) is 48.4 Å². The number of amides is 1. The summed E-state index contributed by atoms with van der Waals surface area (Å²) in [6.07, 6.45) is 3.04. The van der Waals surface area contributed by atoms with Gasteiger partial charge in [0.1, 0.15) is 22.8 Å². The molecule has 1 amide bonds. The van der Waals surface area contributed by atoms with E-state index in [9.17, 15) is 34.8 Å². The van der Waals surface area contributed by atoms with E-state index in [1.165, 1.54) is 0 Å². The summed E-state index contributed by atoms with van der Waals surface area (Å²) in [7, 11) is 2.06. The van der Waals surface area contributed by atoms with Crippen LogP contribution in [0.4, 0.5) is 5.69 Å². The molecule has 11 heteroatoms. The molecule has 1 saturated heterocycles. The van der Waals surface area contributed by atoms with Gasteiger partial charge in [0.15, 0.2) is 11.4 Å². The number of rotatable bonds is 3. The SMILES string of the molecule is CN1CCC2CNc3c(cc4c(c3O)C(O)=C3C(=O)[C@]5(O)C(O)=C(C(N)=O)C(=O)[C@@H](NC6CC6)[C@@H]5C[C@@H]3C4)C21. The van der Waals surface area contributed by atoms with Gasteiger partial charge in [0.05, 0.1) is 17.3 Å². The van der Waals surface area contributed by atoms with Gasteiger partial charge in [-0.25, -0.2) is 0 Å². The van der Waals surface area contributed by atoms with Gasteiger partial charge in [-0.3, -0.25) is 19.3 Å². The number of aliphatic hydroxyl groups excluding tert-OH is 2. The second-order valence-corrected chi connectivity index (χ2v) is 12.1. The highest BCUT2D eigenvalue weighted by Crippen LogP contribution is 2.55. The maximum Gasteiger partial charge on any atom is 0.255 e. The van der Waals surface area contributed by atoms with Crippen LogP contribution < -0.4 is 16.4 Å². The number of nitrogens with one attached hydrogen (secondary N) is 2. The molecule has 7 rings (SSSR count). The van der Waals surface area contributed by atoms with Crippen molar-refractivity contribution >= 4 is 28.9 Å². The molecular weight excluding hydrogens is 504 g/mol. The van der Waals surface area contributed by atoms with Crippen LogP contribution in [0, 0.1) is 17.8 Å². The Hall–Kier alpha value is -3.41. The predicted octanol–water partition coefficient (Wildman–Crippen LogP) is 0.573. The monoisotopic (exact) mass is 536 g/mol. The number of aromatic hydroxyl groups is 1. The summed E-state index contributed by atoms with van der Waals surface area (Å²) in [5, 5.41) is 52.0. The summed E-state index contributed by atoms with van der Waals surface area (Å²) in [6, 6.07) is 1.02. The van der Waals surface area contributed by atoms with Crippen molar-refractivity contribution in [3.63, 3.8) is 0 Å². The lowest BCUT2D eigenvalue weighted by Crippen LogP contribution is -2.66. The fourth-order valence-corrected chi connectivity index (χ4v) is 7.83. The van der Waals surface area contributed by atoms with Crippen molar-refractivity contribution in [1.29, 1.82) is 0 Å². The van der Waals surface area contributed by atoms with E-state index < -0.39 is 58.0 Å². The molecule has 4 aliphatic carbocycles. The van der Waals surface area contributed by atoms with Crippen molar-refractivity contribution in [2.24, 2.45) is 23.5 Å². The zero-order valence-electron chi connectivity index (χ0n) is 21.5. The van der Waals surface area contributed by atoms with Gasteiger partial charge < -0.3 is 36.8 Å². The van der Waals surface area contributed by atoms with E-state index in [4.69, 9.17) is 5.73 Å². The van der Waals surface area contributed by atoms with Crippen LogP contribution in [-0.4, -0.2) is 80.6 Å². The van der Waals surface area contributed by atoms with Crippen molar-refractivity contribution in [3.05, 3.63) is 39.7 Å². The fraction of sp³-hybridized carbons (Fsp3) is 0.536. The summed E-state index contributed by atoms with van der Waals surface area (Å²) < 4.78 is 0. The molecule has 1 aromatic carbocycles. The predicted molar refractivity (Wildman–Crippen MR) is 139 cm³/mol. The average molecular weight is 537 g/mol. The molecule has 2 saturated carbocycles. The summed E-state index contributed by atoms with van der Waals surface area (Å²) in [5.41, 5.74) is 4.13. The van der Waals surface area contributed by atoms with Crippen molar-refractivity contribution < 1.29 is 34.8 Å². The Morgan fingerprint density at radius 3 is 2.64 bits per heavy atom. The molecule has 8 N–H and O–H groups in total. The zero-order chi connectivity index (χ0) is 27.5. The van der Waals surface area contributed by atoms with E-state index in [2.05, 4.69) is 22.6 Å². The molecule has 6 aliphatic rings. The van der Waals surface area contributed by atoms with E-state index in [1.807, 2.05) is 6.07 Å². The van der Waals surface area contributed by atoms with Gasteiger partial charge in [0, 0.05) is 30.1 Å². The number of primary amides is 1. The highest BCUT2D eigenvalue weighted by Gasteiger charge is 2.64. The molecule has 0 aromatic heterocycles. The number of carbonyl (C=O) groups excluding carboxylic acids is 3. The molecule has 206 valence electrons. The highest BCUT2D eigenvalue weighted by molar-refractivity contribution is 6.24. The van der Waals surface area contributed by atoms with Crippen molar-refractivity contribution in [1.82, 2.24) is 10.2 Å². The Labute approximate surface area is 224 Å². The maximum absolute atomic E-state index is 14.0. The molecular formula is C28H32N4O7. The number of hydrogen-bond acceptors (Lipinski definition) is 10. The van der Waals surface area contributed by atoms with Crippen LogP contribution >= 0.6 is 0 Å². The number of ketones is 2. The third kappa shape index (κ3) is 3.17. The molecule has 2 unspecified atom stereocenters. The van der Waals surface area contributed by atoms with E-state index in [0.717, 1.165) is 31.4 Å². The lowest BCUT2D eigenvalue weighted by Gasteiger charge is -2.49. The first-order chi connectivity index (χ1) is 18.5. The van der Waals surface area contributed by atoms with Crippen LogP contribution in [0.25, 0.3) is 5.76 Å². The number of hydrogen-bond donors (Lipinski definition) is 7. The van der Waals surface area contributed by atoms with Crippen molar-refractivity contribution in [3.8, 4) is 5.75 Å². The molecule has 0 spiro atoms. The number of nitrogens with two attached hydrogens (primary N) is 1. The van der Waals surface area contributed by atoms with Gasteiger partial charge in [-0.1, -0.05) is 6.07 Å². The largest absolute Gasteiger partial charge is 0.508 e. The van der Waals surface area contributed by atoms with Gasteiger partial charge in [-0.05, 0) is 68.7 Å². The molecule has 39 heavy (non-hydrogen) atoms. The summed E-state index contributed by atoms with van der Waals surface area (Å²) in [5.74, 6) is -5.89. The van der Waals surface area contributed by atoms with Crippen LogP contribution in [0.2, 0.25) is 0 Å². The number of fused-ring (bicyclic) bond motifs is 6. The van der Waals surface area contributed by atoms with E-state index in [-0.39, 0.29) is 35.4 Å². The Balaban J connectivity index is 1.38. The Kier molecular flexibility index (Phi) is 5.09. The van der Waals surface area contributed by atoms with Gasteiger partial charge in [0.2, 0.25) is 5.78 Å². The number of likely N-dealkylation sites (tertiary alicyclic amines) is 1. The number of carbonyl (C=O) groups is 3. The highest BCUT2D eigenvalue weighted by atomic mass is 16.3. The van der Waals surface area contributed by atoms with Crippen molar-refractivity contribution in [2.45, 2.75) is 55.8 Å². The smallest absolute Gasteiger partial charge is 0.255 e. The van der Waals surface area contributed by atoms with E-state index >= 15 is 0 Å². The van der Waals surface area contributed by atoms with Gasteiger partial charge >= 0.3 is 0 Å². The lowest BCUT2D eigenvalue weighted by molar-refractivity contribution is -0.150. The van der Waals surface area contributed by atoms with E-state index in [1.54, 1.807) is 0 Å². The minimum atomic E-state index is -2.62. The topological polar surface area (TPSA) is 185 Å². The second-order valence-electron chi connectivity index (χ2n) is 12.1. The molecule has 0 bridgehead atoms. The van der Waals surface area contributed by atoms with Gasteiger partial charge in [0.25, 0.3) is 5.91 Å². The second kappa shape index (κ2) is 8.06. The normalized spacial score (nSPS) is 35.6. The molecule has 6 atom stereocenters. The quantitative estimate of drug-likeness (QED) is 0.213. The zero-order valence-corrected chi connectivity index (χ0v) is 21.5. The molecule has 1 aromatic rings. The maximum atomic E-state index is 14.0. The molecule has 2 heterocycles. The first-order valence-corrected chi connectivity index (χ1v) is 13.6. The molecule has 11 nitrogen and oxygen atoms in total.